The van der Waals surface area contributed by atoms with Gasteiger partial charge in [-0.1, -0.05) is 30.3 Å². The van der Waals surface area contributed by atoms with Gasteiger partial charge in [0.25, 0.3) is 0 Å². The van der Waals surface area contributed by atoms with Crippen LogP contribution in [0.5, 0.6) is 0 Å². The molecule has 4 heteroatoms. The minimum Gasteiger partial charge on any atom is -0.459 e. The lowest BCUT2D eigenvalue weighted by atomic mass is 10.1. The molecule has 0 aliphatic heterocycles. The topological polar surface area (TPSA) is 52.6 Å². The molecule has 0 saturated carbocycles. The number of carbonyl (C=O) groups is 2. The predicted molar refractivity (Wildman–Crippen MR) is 87.3 cm³/mol. The number of rotatable bonds is 5. The van der Waals surface area contributed by atoms with Crippen LogP contribution < -0.4 is 0 Å². The summed E-state index contributed by atoms with van der Waals surface area (Å²) in [7, 11) is 0. The fourth-order valence-corrected chi connectivity index (χ4v) is 2.05. The molecule has 120 valence electrons. The van der Waals surface area contributed by atoms with Crippen LogP contribution in [0.1, 0.15) is 45.7 Å². The smallest absolute Gasteiger partial charge is 0.338 e. The van der Waals surface area contributed by atoms with E-state index in [0.29, 0.717) is 11.1 Å². The van der Waals surface area contributed by atoms with Crippen LogP contribution in [0.2, 0.25) is 0 Å². The predicted octanol–water partition coefficient (Wildman–Crippen LogP) is 3.92. The Morgan fingerprint density at radius 1 is 0.957 bits per heavy atom. The van der Waals surface area contributed by atoms with Crippen LogP contribution >= 0.6 is 0 Å². The highest BCUT2D eigenvalue weighted by Crippen LogP contribution is 2.12. The van der Waals surface area contributed by atoms with E-state index >= 15 is 0 Å². The molecule has 0 fully saturated rings. The molecule has 0 unspecified atom stereocenters. The Balaban J connectivity index is 1.95. The summed E-state index contributed by atoms with van der Waals surface area (Å²) < 4.78 is 10.4. The van der Waals surface area contributed by atoms with Crippen molar-refractivity contribution in [1.29, 1.82) is 0 Å². The Morgan fingerprint density at radius 2 is 1.61 bits per heavy atom. The molecule has 0 spiro atoms. The van der Waals surface area contributed by atoms with E-state index in [1.165, 1.54) is 0 Å². The number of hydrogen-bond donors (Lipinski definition) is 0. The van der Waals surface area contributed by atoms with Crippen LogP contribution in [0.3, 0.4) is 0 Å². The maximum Gasteiger partial charge on any atom is 0.338 e. The van der Waals surface area contributed by atoms with Gasteiger partial charge in [0.2, 0.25) is 0 Å². The normalized spacial score (nSPS) is 10.4. The number of carbonyl (C=O) groups excluding carboxylic acids is 2. The van der Waals surface area contributed by atoms with E-state index in [1.807, 2.05) is 19.1 Å². The molecule has 0 aliphatic rings. The van der Waals surface area contributed by atoms with Crippen molar-refractivity contribution in [2.45, 2.75) is 33.5 Å². The van der Waals surface area contributed by atoms with E-state index in [1.54, 1.807) is 50.2 Å². The Morgan fingerprint density at radius 3 is 2.22 bits per heavy atom. The molecule has 2 aromatic carbocycles. The third-order valence-corrected chi connectivity index (χ3v) is 3.27. The van der Waals surface area contributed by atoms with Crippen LogP contribution in [0.4, 0.5) is 0 Å². The lowest BCUT2D eigenvalue weighted by molar-refractivity contribution is 0.0376. The summed E-state index contributed by atoms with van der Waals surface area (Å²) in [5.74, 6) is -0.713. The first-order valence-corrected chi connectivity index (χ1v) is 7.50. The minimum atomic E-state index is -0.358. The zero-order chi connectivity index (χ0) is 16.8. The first-order valence-electron chi connectivity index (χ1n) is 7.50. The number of esters is 2. The first kappa shape index (κ1) is 16.7. The molecule has 0 radical (unpaired) electrons. The van der Waals surface area contributed by atoms with Gasteiger partial charge >= 0.3 is 11.9 Å². The van der Waals surface area contributed by atoms with E-state index in [-0.39, 0.29) is 24.6 Å². The molecule has 0 aromatic heterocycles. The van der Waals surface area contributed by atoms with Crippen LogP contribution in [0.15, 0.2) is 48.5 Å². The van der Waals surface area contributed by atoms with Gasteiger partial charge in [-0.15, -0.1) is 0 Å². The number of hydrogen-bond acceptors (Lipinski definition) is 4. The molecule has 23 heavy (non-hydrogen) atoms. The molecule has 0 heterocycles. The third-order valence-electron chi connectivity index (χ3n) is 3.27. The van der Waals surface area contributed by atoms with Crippen molar-refractivity contribution in [2.24, 2.45) is 0 Å². The lowest BCUT2D eigenvalue weighted by Crippen LogP contribution is -2.11. The van der Waals surface area contributed by atoms with Gasteiger partial charge in [0.05, 0.1) is 17.2 Å². The Labute approximate surface area is 136 Å². The van der Waals surface area contributed by atoms with Crippen LogP contribution in [0.25, 0.3) is 0 Å². The zero-order valence-electron chi connectivity index (χ0n) is 13.5. The monoisotopic (exact) mass is 312 g/mol. The largest absolute Gasteiger partial charge is 0.459 e. The summed E-state index contributed by atoms with van der Waals surface area (Å²) in [6.45, 7) is 5.63. The fourth-order valence-electron chi connectivity index (χ4n) is 2.05. The molecule has 0 aliphatic carbocycles. The summed E-state index contributed by atoms with van der Waals surface area (Å²) in [6, 6.07) is 14.1. The van der Waals surface area contributed by atoms with Gasteiger partial charge in [-0.05, 0) is 50.1 Å². The molecule has 2 aromatic rings. The van der Waals surface area contributed by atoms with Gasteiger partial charge in [-0.25, -0.2) is 9.59 Å². The van der Waals surface area contributed by atoms with Gasteiger partial charge in [-0.3, -0.25) is 0 Å². The van der Waals surface area contributed by atoms with Gasteiger partial charge in [0.1, 0.15) is 6.61 Å². The third kappa shape index (κ3) is 4.68. The molecule has 0 bridgehead atoms. The van der Waals surface area contributed by atoms with Crippen LogP contribution in [0, 0.1) is 6.92 Å². The Kier molecular flexibility index (Phi) is 5.52. The summed E-state index contributed by atoms with van der Waals surface area (Å²) in [5.41, 5.74) is 2.73. The van der Waals surface area contributed by atoms with Crippen LogP contribution in [-0.4, -0.2) is 18.0 Å². The zero-order valence-corrected chi connectivity index (χ0v) is 13.5. The standard InChI is InChI=1S/C19H20O4/c1-13(2)23-18(20)16-10-8-15(9-11-16)12-22-19(21)17-7-5-4-6-14(17)3/h4-11,13H,12H2,1-3H3. The quantitative estimate of drug-likeness (QED) is 0.785. The molecule has 4 nitrogen and oxygen atoms in total. The van der Waals surface area contributed by atoms with Crippen molar-refractivity contribution in [1.82, 2.24) is 0 Å². The maximum atomic E-state index is 12.0. The molecule has 0 saturated heterocycles. The second-order valence-electron chi connectivity index (χ2n) is 5.54. The maximum absolute atomic E-state index is 12.0. The minimum absolute atomic E-state index is 0.155. The van der Waals surface area contributed by atoms with Crippen molar-refractivity contribution in [3.05, 3.63) is 70.8 Å². The first-order chi connectivity index (χ1) is 11.0. The van der Waals surface area contributed by atoms with E-state index in [4.69, 9.17) is 9.47 Å². The molecule has 0 atom stereocenters. The van der Waals surface area contributed by atoms with E-state index in [9.17, 15) is 9.59 Å². The highest BCUT2D eigenvalue weighted by atomic mass is 16.5. The van der Waals surface area contributed by atoms with E-state index < -0.39 is 0 Å². The fraction of sp³-hybridized carbons (Fsp3) is 0.263. The second kappa shape index (κ2) is 7.58. The Hall–Kier alpha value is -2.62. The van der Waals surface area contributed by atoms with Gasteiger partial charge in [0, 0.05) is 0 Å². The number of ether oxygens (including phenoxy) is 2. The van der Waals surface area contributed by atoms with Gasteiger partial charge in [0.15, 0.2) is 0 Å². The van der Waals surface area contributed by atoms with E-state index in [0.717, 1.165) is 11.1 Å². The van der Waals surface area contributed by atoms with Crippen molar-refractivity contribution in [3.8, 4) is 0 Å². The molecule has 2 rings (SSSR count). The van der Waals surface area contributed by atoms with E-state index in [2.05, 4.69) is 0 Å². The second-order valence-corrected chi connectivity index (χ2v) is 5.54. The Bertz CT molecular complexity index is 687. The SMILES string of the molecule is Cc1ccccc1C(=O)OCc1ccc(C(=O)OC(C)C)cc1. The van der Waals surface area contributed by atoms with Gasteiger partial charge < -0.3 is 9.47 Å². The van der Waals surface area contributed by atoms with Crippen molar-refractivity contribution >= 4 is 11.9 Å². The lowest BCUT2D eigenvalue weighted by Gasteiger charge is -2.09. The average molecular weight is 312 g/mol. The summed E-state index contributed by atoms with van der Waals surface area (Å²) in [6.07, 6.45) is -0.155. The van der Waals surface area contributed by atoms with Crippen molar-refractivity contribution in [2.75, 3.05) is 0 Å². The van der Waals surface area contributed by atoms with Crippen molar-refractivity contribution in [3.63, 3.8) is 0 Å². The molecular weight excluding hydrogens is 292 g/mol. The molecule has 0 N–H and O–H groups in total. The summed E-state index contributed by atoms with van der Waals surface area (Å²) in [5, 5.41) is 0. The number of aryl methyl sites for hydroxylation is 1. The molecular formula is C19H20O4. The summed E-state index contributed by atoms with van der Waals surface area (Å²) in [4.78, 5) is 23.8. The van der Waals surface area contributed by atoms with Gasteiger partial charge in [-0.2, -0.15) is 0 Å². The highest BCUT2D eigenvalue weighted by Gasteiger charge is 2.11. The summed E-state index contributed by atoms with van der Waals surface area (Å²) >= 11 is 0. The van der Waals surface area contributed by atoms with Crippen molar-refractivity contribution < 1.29 is 19.1 Å². The number of benzene rings is 2. The molecule has 0 amide bonds. The van der Waals surface area contributed by atoms with Crippen LogP contribution in [-0.2, 0) is 16.1 Å². The average Bonchev–Trinajstić information content (AvgIpc) is 2.53. The highest BCUT2D eigenvalue weighted by molar-refractivity contribution is 5.91.